The summed E-state index contributed by atoms with van der Waals surface area (Å²) in [6.07, 6.45) is 0.296. The lowest BCUT2D eigenvalue weighted by atomic mass is 10.1. The zero-order chi connectivity index (χ0) is 19.0. The summed E-state index contributed by atoms with van der Waals surface area (Å²) in [5, 5.41) is 2.51. The SMILES string of the molecule is O=C(CCc1ccc(F)c(F)c1)NCCS(=O)(=O)NCc1ccccc1. The second-order valence-corrected chi connectivity index (χ2v) is 7.65. The van der Waals surface area contributed by atoms with Gasteiger partial charge < -0.3 is 5.32 Å². The van der Waals surface area contributed by atoms with Crippen molar-refractivity contribution in [2.45, 2.75) is 19.4 Å². The molecule has 0 bridgehead atoms. The van der Waals surface area contributed by atoms with E-state index in [1.54, 1.807) is 0 Å². The Morgan fingerprint density at radius 1 is 0.962 bits per heavy atom. The molecule has 0 saturated carbocycles. The van der Waals surface area contributed by atoms with E-state index in [1.165, 1.54) is 6.07 Å². The summed E-state index contributed by atoms with van der Waals surface area (Å²) in [4.78, 5) is 11.7. The van der Waals surface area contributed by atoms with Crippen molar-refractivity contribution in [1.29, 1.82) is 0 Å². The number of nitrogens with one attached hydrogen (secondary N) is 2. The first kappa shape index (κ1) is 20.0. The summed E-state index contributed by atoms with van der Waals surface area (Å²) < 4.78 is 52.2. The molecule has 0 heterocycles. The summed E-state index contributed by atoms with van der Waals surface area (Å²) in [5.41, 5.74) is 1.34. The van der Waals surface area contributed by atoms with E-state index in [0.717, 1.165) is 17.7 Å². The third kappa shape index (κ3) is 6.89. The molecule has 26 heavy (non-hydrogen) atoms. The summed E-state index contributed by atoms with van der Waals surface area (Å²) in [6, 6.07) is 12.5. The van der Waals surface area contributed by atoms with Crippen LogP contribution >= 0.6 is 0 Å². The van der Waals surface area contributed by atoms with Crippen LogP contribution in [0, 0.1) is 11.6 Å². The molecule has 0 atom stereocenters. The standard InChI is InChI=1S/C18H20F2N2O3S/c19-16-8-6-14(12-17(16)20)7-9-18(23)21-10-11-26(24,25)22-13-15-4-2-1-3-5-15/h1-6,8,12,22H,7,9-11,13H2,(H,21,23). The van der Waals surface area contributed by atoms with Crippen molar-refractivity contribution in [3.8, 4) is 0 Å². The summed E-state index contributed by atoms with van der Waals surface area (Å²) in [5.74, 6) is -2.49. The van der Waals surface area contributed by atoms with Crippen LogP contribution in [0.5, 0.6) is 0 Å². The van der Waals surface area contributed by atoms with Gasteiger partial charge in [-0.2, -0.15) is 0 Å². The Morgan fingerprint density at radius 2 is 1.69 bits per heavy atom. The third-order valence-corrected chi connectivity index (χ3v) is 4.98. The second-order valence-electron chi connectivity index (χ2n) is 5.72. The van der Waals surface area contributed by atoms with Gasteiger partial charge in [-0.05, 0) is 29.7 Å². The molecule has 0 aliphatic rings. The minimum Gasteiger partial charge on any atom is -0.355 e. The van der Waals surface area contributed by atoms with E-state index in [4.69, 9.17) is 0 Å². The smallest absolute Gasteiger partial charge is 0.220 e. The number of rotatable bonds is 9. The van der Waals surface area contributed by atoms with Crippen molar-refractivity contribution in [3.63, 3.8) is 0 Å². The van der Waals surface area contributed by atoms with Gasteiger partial charge >= 0.3 is 0 Å². The number of benzene rings is 2. The van der Waals surface area contributed by atoms with Gasteiger partial charge in [-0.25, -0.2) is 21.9 Å². The number of halogens is 2. The highest BCUT2D eigenvalue weighted by Crippen LogP contribution is 2.10. The van der Waals surface area contributed by atoms with Crippen LogP contribution in [0.2, 0.25) is 0 Å². The van der Waals surface area contributed by atoms with Crippen LogP contribution < -0.4 is 10.0 Å². The van der Waals surface area contributed by atoms with Crippen LogP contribution in [0.15, 0.2) is 48.5 Å². The highest BCUT2D eigenvalue weighted by molar-refractivity contribution is 7.89. The topological polar surface area (TPSA) is 75.3 Å². The fraction of sp³-hybridized carbons (Fsp3) is 0.278. The molecule has 0 radical (unpaired) electrons. The first-order valence-electron chi connectivity index (χ1n) is 8.07. The average molecular weight is 382 g/mol. The number of sulfonamides is 1. The lowest BCUT2D eigenvalue weighted by Gasteiger charge is -2.08. The third-order valence-electron chi connectivity index (χ3n) is 3.66. The van der Waals surface area contributed by atoms with Crippen molar-refractivity contribution in [2.75, 3.05) is 12.3 Å². The molecule has 0 unspecified atom stereocenters. The average Bonchev–Trinajstić information content (AvgIpc) is 2.62. The fourth-order valence-electron chi connectivity index (χ4n) is 2.23. The molecule has 0 saturated heterocycles. The van der Waals surface area contributed by atoms with Gasteiger partial charge in [0.2, 0.25) is 15.9 Å². The van der Waals surface area contributed by atoms with Crippen molar-refractivity contribution in [3.05, 3.63) is 71.3 Å². The number of aryl methyl sites for hydroxylation is 1. The maximum Gasteiger partial charge on any atom is 0.220 e. The highest BCUT2D eigenvalue weighted by atomic mass is 32.2. The molecule has 0 aliphatic heterocycles. The summed E-state index contributed by atoms with van der Waals surface area (Å²) in [7, 11) is -3.51. The molecule has 0 spiro atoms. The van der Waals surface area contributed by atoms with Gasteiger partial charge in [0.05, 0.1) is 5.75 Å². The number of amides is 1. The first-order valence-corrected chi connectivity index (χ1v) is 9.73. The number of hydrogen-bond acceptors (Lipinski definition) is 3. The molecule has 140 valence electrons. The van der Waals surface area contributed by atoms with Gasteiger partial charge in [-0.1, -0.05) is 36.4 Å². The van der Waals surface area contributed by atoms with E-state index >= 15 is 0 Å². The molecule has 5 nitrogen and oxygen atoms in total. The maximum absolute atomic E-state index is 13.1. The van der Waals surface area contributed by atoms with E-state index < -0.39 is 21.7 Å². The van der Waals surface area contributed by atoms with E-state index in [0.29, 0.717) is 5.56 Å². The minimum absolute atomic E-state index is 0.0270. The predicted octanol–water partition coefficient (Wildman–Crippen LogP) is 2.13. The van der Waals surface area contributed by atoms with Crippen LogP contribution in [-0.2, 0) is 27.8 Å². The molecule has 0 aliphatic carbocycles. The Morgan fingerprint density at radius 3 is 2.38 bits per heavy atom. The van der Waals surface area contributed by atoms with Crippen LogP contribution in [-0.4, -0.2) is 26.6 Å². The molecule has 2 aromatic carbocycles. The second kappa shape index (κ2) is 9.40. The molecule has 2 N–H and O–H groups in total. The van der Waals surface area contributed by atoms with E-state index in [-0.39, 0.29) is 37.6 Å². The monoisotopic (exact) mass is 382 g/mol. The van der Waals surface area contributed by atoms with E-state index in [2.05, 4.69) is 10.0 Å². The number of hydrogen-bond donors (Lipinski definition) is 2. The Hall–Kier alpha value is -2.32. The quantitative estimate of drug-likeness (QED) is 0.698. The Balaban J connectivity index is 1.69. The van der Waals surface area contributed by atoms with Gasteiger partial charge in [0.1, 0.15) is 0 Å². The van der Waals surface area contributed by atoms with Crippen molar-refractivity contribution in [1.82, 2.24) is 10.0 Å². The Kier molecular flexibility index (Phi) is 7.23. The predicted molar refractivity (Wildman–Crippen MR) is 94.8 cm³/mol. The Labute approximate surface area is 151 Å². The largest absolute Gasteiger partial charge is 0.355 e. The van der Waals surface area contributed by atoms with Gasteiger partial charge in [0, 0.05) is 19.5 Å². The van der Waals surface area contributed by atoms with Crippen LogP contribution in [0.3, 0.4) is 0 Å². The highest BCUT2D eigenvalue weighted by Gasteiger charge is 2.11. The zero-order valence-electron chi connectivity index (χ0n) is 14.0. The first-order chi connectivity index (χ1) is 12.4. The van der Waals surface area contributed by atoms with Gasteiger partial charge in [-0.15, -0.1) is 0 Å². The van der Waals surface area contributed by atoms with E-state index in [9.17, 15) is 22.0 Å². The van der Waals surface area contributed by atoms with Crippen molar-refractivity contribution in [2.24, 2.45) is 0 Å². The van der Waals surface area contributed by atoms with Crippen molar-refractivity contribution >= 4 is 15.9 Å². The molecule has 2 aromatic rings. The molecular formula is C18H20F2N2O3S. The fourth-order valence-corrected chi connectivity index (χ4v) is 3.13. The lowest BCUT2D eigenvalue weighted by Crippen LogP contribution is -2.34. The lowest BCUT2D eigenvalue weighted by molar-refractivity contribution is -0.120. The van der Waals surface area contributed by atoms with Crippen LogP contribution in [0.25, 0.3) is 0 Å². The van der Waals surface area contributed by atoms with Crippen LogP contribution in [0.4, 0.5) is 8.78 Å². The zero-order valence-corrected chi connectivity index (χ0v) is 14.9. The molecule has 2 rings (SSSR count). The summed E-state index contributed by atoms with van der Waals surface area (Å²) in [6.45, 7) is 0.161. The van der Waals surface area contributed by atoms with Gasteiger partial charge in [0.15, 0.2) is 11.6 Å². The minimum atomic E-state index is -3.51. The molecule has 1 amide bonds. The molecule has 8 heteroatoms. The van der Waals surface area contributed by atoms with Gasteiger partial charge in [0.25, 0.3) is 0 Å². The number of carbonyl (C=O) groups is 1. The summed E-state index contributed by atoms with van der Waals surface area (Å²) >= 11 is 0. The molecular weight excluding hydrogens is 362 g/mol. The molecule has 0 aromatic heterocycles. The van der Waals surface area contributed by atoms with Crippen molar-refractivity contribution < 1.29 is 22.0 Å². The van der Waals surface area contributed by atoms with Crippen LogP contribution in [0.1, 0.15) is 17.5 Å². The number of carbonyl (C=O) groups excluding carboxylic acids is 1. The van der Waals surface area contributed by atoms with Gasteiger partial charge in [-0.3, -0.25) is 4.79 Å². The normalized spacial score (nSPS) is 11.3. The van der Waals surface area contributed by atoms with E-state index in [1.807, 2.05) is 30.3 Å². The maximum atomic E-state index is 13.1. The Bertz CT molecular complexity index is 843. The molecule has 0 fully saturated rings.